The van der Waals surface area contributed by atoms with Crippen molar-refractivity contribution in [2.45, 2.75) is 27.3 Å². The van der Waals surface area contributed by atoms with Crippen molar-refractivity contribution in [1.82, 2.24) is 10.3 Å². The second kappa shape index (κ2) is 5.06. The number of rotatable bonds is 4. The molecule has 0 fully saturated rings. The zero-order valence-electron chi connectivity index (χ0n) is 10.9. The molecular weight excluding hydrogens is 234 g/mol. The van der Waals surface area contributed by atoms with Crippen LogP contribution in [0.4, 0.5) is 8.78 Å². The third-order valence-corrected chi connectivity index (χ3v) is 3.00. The van der Waals surface area contributed by atoms with Gasteiger partial charge in [-0.3, -0.25) is 0 Å². The van der Waals surface area contributed by atoms with E-state index in [0.29, 0.717) is 23.4 Å². The number of aromatic nitrogens is 1. The first-order chi connectivity index (χ1) is 8.49. The lowest BCUT2D eigenvalue weighted by atomic mass is 10.1. The molecule has 98 valence electrons. The number of benzene rings is 1. The van der Waals surface area contributed by atoms with Crippen molar-refractivity contribution >= 4 is 10.9 Å². The number of H-pyrrole nitrogens is 1. The molecule has 2 rings (SSSR count). The highest BCUT2D eigenvalue weighted by Gasteiger charge is 2.13. The van der Waals surface area contributed by atoms with Gasteiger partial charge in [-0.1, -0.05) is 13.8 Å². The first-order valence-corrected chi connectivity index (χ1v) is 6.16. The number of halogens is 2. The van der Waals surface area contributed by atoms with Gasteiger partial charge in [-0.05, 0) is 31.0 Å². The predicted octanol–water partition coefficient (Wildman–Crippen LogP) is 3.50. The molecule has 4 heteroatoms. The van der Waals surface area contributed by atoms with E-state index >= 15 is 0 Å². The summed E-state index contributed by atoms with van der Waals surface area (Å²) in [6.07, 6.45) is 0. The number of hydrogen-bond donors (Lipinski definition) is 2. The molecule has 0 amide bonds. The van der Waals surface area contributed by atoms with E-state index in [-0.39, 0.29) is 0 Å². The van der Waals surface area contributed by atoms with Crippen molar-refractivity contribution in [3.05, 3.63) is 35.0 Å². The summed E-state index contributed by atoms with van der Waals surface area (Å²) in [7, 11) is 0. The molecule has 2 N–H and O–H groups in total. The molecule has 1 aromatic heterocycles. The zero-order chi connectivity index (χ0) is 13.3. The van der Waals surface area contributed by atoms with E-state index in [0.717, 1.165) is 23.9 Å². The van der Waals surface area contributed by atoms with E-state index in [9.17, 15) is 8.78 Å². The number of hydrogen-bond acceptors (Lipinski definition) is 1. The fourth-order valence-electron chi connectivity index (χ4n) is 2.12. The molecule has 0 bridgehead atoms. The smallest absolute Gasteiger partial charge is 0.150 e. The van der Waals surface area contributed by atoms with Gasteiger partial charge in [0, 0.05) is 23.7 Å². The second-order valence-electron chi connectivity index (χ2n) is 5.06. The lowest BCUT2D eigenvalue weighted by Crippen LogP contribution is -2.19. The van der Waals surface area contributed by atoms with E-state index < -0.39 is 11.6 Å². The fraction of sp³-hybridized carbons (Fsp3) is 0.429. The van der Waals surface area contributed by atoms with Gasteiger partial charge in [0.05, 0.1) is 5.52 Å². The molecule has 0 aliphatic heterocycles. The molecule has 18 heavy (non-hydrogen) atoms. The van der Waals surface area contributed by atoms with Crippen LogP contribution >= 0.6 is 0 Å². The van der Waals surface area contributed by atoms with E-state index in [1.54, 1.807) is 0 Å². The standard InChI is InChI=1S/C14H18F2N2/c1-8(2)6-17-7-12-9(3)18-14-11(12)4-10(15)5-13(14)16/h4-5,8,17-18H,6-7H2,1-3H3. The third-order valence-electron chi connectivity index (χ3n) is 3.00. The van der Waals surface area contributed by atoms with Crippen LogP contribution in [0, 0.1) is 24.5 Å². The second-order valence-corrected chi connectivity index (χ2v) is 5.06. The molecule has 0 radical (unpaired) electrons. The van der Waals surface area contributed by atoms with Gasteiger partial charge in [-0.15, -0.1) is 0 Å². The van der Waals surface area contributed by atoms with Gasteiger partial charge >= 0.3 is 0 Å². The Morgan fingerprint density at radius 3 is 2.67 bits per heavy atom. The molecule has 0 unspecified atom stereocenters. The number of fused-ring (bicyclic) bond motifs is 1. The van der Waals surface area contributed by atoms with Gasteiger partial charge in [-0.25, -0.2) is 8.78 Å². The summed E-state index contributed by atoms with van der Waals surface area (Å²) in [5.41, 5.74) is 2.20. The predicted molar refractivity (Wildman–Crippen MR) is 69.5 cm³/mol. The molecule has 0 saturated heterocycles. The quantitative estimate of drug-likeness (QED) is 0.856. The maximum atomic E-state index is 13.6. The lowest BCUT2D eigenvalue weighted by Gasteiger charge is -2.07. The number of aromatic amines is 1. The van der Waals surface area contributed by atoms with Crippen LogP contribution in [0.15, 0.2) is 12.1 Å². The fourth-order valence-corrected chi connectivity index (χ4v) is 2.12. The Labute approximate surface area is 105 Å². The molecule has 2 nitrogen and oxygen atoms in total. The van der Waals surface area contributed by atoms with Crippen molar-refractivity contribution in [2.24, 2.45) is 5.92 Å². The summed E-state index contributed by atoms with van der Waals surface area (Å²) in [5.74, 6) is -0.531. The third kappa shape index (κ3) is 2.53. The van der Waals surface area contributed by atoms with Crippen LogP contribution < -0.4 is 5.32 Å². The van der Waals surface area contributed by atoms with Gasteiger partial charge in [0.15, 0.2) is 0 Å². The van der Waals surface area contributed by atoms with Crippen LogP contribution in [0.1, 0.15) is 25.1 Å². The summed E-state index contributed by atoms with van der Waals surface area (Å²) >= 11 is 0. The van der Waals surface area contributed by atoms with Crippen molar-refractivity contribution in [1.29, 1.82) is 0 Å². The van der Waals surface area contributed by atoms with E-state index in [1.165, 1.54) is 6.07 Å². The van der Waals surface area contributed by atoms with Crippen molar-refractivity contribution < 1.29 is 8.78 Å². The Hall–Kier alpha value is -1.42. The minimum Gasteiger partial charge on any atom is -0.356 e. The Bertz CT molecular complexity index is 558. The van der Waals surface area contributed by atoms with Crippen molar-refractivity contribution in [2.75, 3.05) is 6.54 Å². The Morgan fingerprint density at radius 2 is 2.00 bits per heavy atom. The van der Waals surface area contributed by atoms with Crippen LogP contribution in [0.2, 0.25) is 0 Å². The Balaban J connectivity index is 2.34. The monoisotopic (exact) mass is 252 g/mol. The summed E-state index contributed by atoms with van der Waals surface area (Å²) < 4.78 is 26.9. The molecule has 0 spiro atoms. The van der Waals surface area contributed by atoms with Gasteiger partial charge in [0.25, 0.3) is 0 Å². The van der Waals surface area contributed by atoms with Crippen LogP contribution in [0.3, 0.4) is 0 Å². The molecule has 0 aliphatic carbocycles. The number of nitrogens with one attached hydrogen (secondary N) is 2. The highest BCUT2D eigenvalue weighted by Crippen LogP contribution is 2.25. The van der Waals surface area contributed by atoms with E-state index in [4.69, 9.17) is 0 Å². The minimum absolute atomic E-state index is 0.384. The Kier molecular flexibility index (Phi) is 3.66. The molecule has 0 atom stereocenters. The first-order valence-electron chi connectivity index (χ1n) is 6.16. The summed E-state index contributed by atoms with van der Waals surface area (Å²) in [6.45, 7) is 7.61. The molecule has 1 aromatic carbocycles. The zero-order valence-corrected chi connectivity index (χ0v) is 10.9. The maximum Gasteiger partial charge on any atom is 0.150 e. The minimum atomic E-state index is -0.539. The largest absolute Gasteiger partial charge is 0.356 e. The van der Waals surface area contributed by atoms with Crippen LogP contribution in [-0.4, -0.2) is 11.5 Å². The highest BCUT2D eigenvalue weighted by atomic mass is 19.1. The van der Waals surface area contributed by atoms with Crippen LogP contribution in [0.5, 0.6) is 0 Å². The van der Waals surface area contributed by atoms with Gasteiger partial charge in [0.2, 0.25) is 0 Å². The molecule has 0 aliphatic rings. The molecule has 1 heterocycles. The average Bonchev–Trinajstić information content (AvgIpc) is 2.56. The summed E-state index contributed by atoms with van der Waals surface area (Å²) in [4.78, 5) is 2.98. The topological polar surface area (TPSA) is 27.8 Å². The highest BCUT2D eigenvalue weighted by molar-refractivity contribution is 5.85. The maximum absolute atomic E-state index is 13.6. The normalized spacial score (nSPS) is 11.7. The summed E-state index contributed by atoms with van der Waals surface area (Å²) in [6, 6.07) is 2.29. The summed E-state index contributed by atoms with van der Waals surface area (Å²) in [5, 5.41) is 3.92. The van der Waals surface area contributed by atoms with Crippen LogP contribution in [-0.2, 0) is 6.54 Å². The lowest BCUT2D eigenvalue weighted by molar-refractivity contribution is 0.552. The molecule has 0 saturated carbocycles. The molecular formula is C14H18F2N2. The number of aryl methyl sites for hydroxylation is 1. The average molecular weight is 252 g/mol. The van der Waals surface area contributed by atoms with Gasteiger partial charge in [0.1, 0.15) is 11.6 Å². The molecule has 2 aromatic rings. The Morgan fingerprint density at radius 1 is 1.28 bits per heavy atom. The van der Waals surface area contributed by atoms with Crippen molar-refractivity contribution in [3.8, 4) is 0 Å². The van der Waals surface area contributed by atoms with Crippen LogP contribution in [0.25, 0.3) is 10.9 Å². The van der Waals surface area contributed by atoms with E-state index in [2.05, 4.69) is 24.1 Å². The van der Waals surface area contributed by atoms with Gasteiger partial charge < -0.3 is 10.3 Å². The first kappa shape index (κ1) is 13.0. The SMILES string of the molecule is Cc1[nH]c2c(F)cc(F)cc2c1CNCC(C)C. The van der Waals surface area contributed by atoms with Crippen molar-refractivity contribution in [3.63, 3.8) is 0 Å². The van der Waals surface area contributed by atoms with Gasteiger partial charge in [-0.2, -0.15) is 0 Å². The van der Waals surface area contributed by atoms with E-state index in [1.807, 2.05) is 6.92 Å².